The van der Waals surface area contributed by atoms with E-state index in [1.165, 1.54) is 17.1 Å². The second kappa shape index (κ2) is 5.04. The van der Waals surface area contributed by atoms with Gasteiger partial charge < -0.3 is 15.0 Å². The van der Waals surface area contributed by atoms with Crippen LogP contribution >= 0.6 is 0 Å². The average Bonchev–Trinajstić information content (AvgIpc) is 3.19. The summed E-state index contributed by atoms with van der Waals surface area (Å²) in [6.07, 6.45) is 8.11. The summed E-state index contributed by atoms with van der Waals surface area (Å²) in [7, 11) is 1.70. The third-order valence-electron chi connectivity index (χ3n) is 3.39. The predicted molar refractivity (Wildman–Crippen MR) is 74.0 cm³/mol. The van der Waals surface area contributed by atoms with Crippen molar-refractivity contribution in [2.75, 3.05) is 5.32 Å². The predicted octanol–water partition coefficient (Wildman–Crippen LogP) is 0.549. The van der Waals surface area contributed by atoms with Crippen molar-refractivity contribution in [3.63, 3.8) is 0 Å². The lowest BCUT2D eigenvalue weighted by Crippen LogP contribution is -2.28. The number of aryl methyl sites for hydroxylation is 1. The molecule has 0 aromatic carbocycles. The van der Waals surface area contributed by atoms with Crippen LogP contribution < -0.4 is 10.9 Å². The van der Waals surface area contributed by atoms with Crippen molar-refractivity contribution in [3.05, 3.63) is 40.7 Å². The van der Waals surface area contributed by atoms with Crippen molar-refractivity contribution in [1.29, 1.82) is 0 Å². The molecule has 2 N–H and O–H groups in total. The number of carboxylic acids is 1. The molecule has 1 aliphatic rings. The lowest BCUT2D eigenvalue weighted by Gasteiger charge is -2.14. The van der Waals surface area contributed by atoms with E-state index in [0.717, 1.165) is 12.8 Å². The number of carbonyl (C=O) groups is 1. The molecule has 0 amide bonds. The molecule has 1 unspecified atom stereocenters. The molecule has 8 nitrogen and oxygen atoms in total. The number of carboxylic acid groups (broad SMARTS) is 1. The Bertz CT molecular complexity index is 731. The van der Waals surface area contributed by atoms with Gasteiger partial charge in [-0.2, -0.15) is 5.10 Å². The molecule has 1 saturated carbocycles. The molecule has 2 heterocycles. The van der Waals surface area contributed by atoms with Gasteiger partial charge in [-0.1, -0.05) is 0 Å². The lowest BCUT2D eigenvalue weighted by molar-refractivity contribution is -0.138. The maximum atomic E-state index is 12.3. The second-order valence-electron chi connectivity index (χ2n) is 5.08. The maximum Gasteiger partial charge on any atom is 0.330 e. The number of anilines is 1. The van der Waals surface area contributed by atoms with E-state index in [0.29, 0.717) is 5.56 Å². The topological polar surface area (TPSA) is 102 Å². The molecule has 1 aliphatic carbocycles. The SMILES string of the molecule is Cn1cc(C(Nc2nccn(C3CC3)c2=O)C(=O)O)cn1. The minimum Gasteiger partial charge on any atom is -0.479 e. The van der Waals surface area contributed by atoms with E-state index in [2.05, 4.69) is 15.4 Å². The van der Waals surface area contributed by atoms with Crippen molar-refractivity contribution < 1.29 is 9.90 Å². The van der Waals surface area contributed by atoms with Crippen molar-refractivity contribution in [3.8, 4) is 0 Å². The quantitative estimate of drug-likeness (QED) is 0.833. The Morgan fingerprint density at radius 3 is 2.86 bits per heavy atom. The van der Waals surface area contributed by atoms with Crippen LogP contribution in [-0.2, 0) is 11.8 Å². The molecule has 21 heavy (non-hydrogen) atoms. The van der Waals surface area contributed by atoms with E-state index in [1.54, 1.807) is 24.0 Å². The van der Waals surface area contributed by atoms with Gasteiger partial charge in [0.1, 0.15) is 0 Å². The van der Waals surface area contributed by atoms with E-state index in [1.807, 2.05) is 0 Å². The van der Waals surface area contributed by atoms with Crippen LogP contribution in [0.25, 0.3) is 0 Å². The van der Waals surface area contributed by atoms with Gasteiger partial charge in [0, 0.05) is 37.2 Å². The van der Waals surface area contributed by atoms with Crippen LogP contribution in [0.3, 0.4) is 0 Å². The Labute approximate surface area is 120 Å². The first kappa shape index (κ1) is 13.3. The molecule has 0 spiro atoms. The minimum atomic E-state index is -1.09. The van der Waals surface area contributed by atoms with Crippen molar-refractivity contribution in [1.82, 2.24) is 19.3 Å². The number of aliphatic carboxylic acids is 1. The Morgan fingerprint density at radius 1 is 1.52 bits per heavy atom. The third-order valence-corrected chi connectivity index (χ3v) is 3.39. The standard InChI is InChI=1S/C13H15N5O3/c1-17-7-8(6-15-17)10(13(20)21)16-11-12(19)18(5-4-14-11)9-2-3-9/h4-7,9-10H,2-3H2,1H3,(H,14,16)(H,20,21). The van der Waals surface area contributed by atoms with Gasteiger partial charge in [0.15, 0.2) is 11.9 Å². The van der Waals surface area contributed by atoms with Crippen LogP contribution in [0.15, 0.2) is 29.6 Å². The van der Waals surface area contributed by atoms with Gasteiger partial charge in [-0.05, 0) is 12.8 Å². The van der Waals surface area contributed by atoms with Gasteiger partial charge in [-0.15, -0.1) is 0 Å². The molecule has 8 heteroatoms. The highest BCUT2D eigenvalue weighted by Crippen LogP contribution is 2.33. The summed E-state index contributed by atoms with van der Waals surface area (Å²) < 4.78 is 3.10. The van der Waals surface area contributed by atoms with E-state index in [-0.39, 0.29) is 17.4 Å². The average molecular weight is 289 g/mol. The second-order valence-corrected chi connectivity index (χ2v) is 5.08. The first-order valence-corrected chi connectivity index (χ1v) is 6.61. The maximum absolute atomic E-state index is 12.3. The smallest absolute Gasteiger partial charge is 0.330 e. The first-order valence-electron chi connectivity index (χ1n) is 6.61. The normalized spacial score (nSPS) is 15.7. The minimum absolute atomic E-state index is 0.0423. The Hall–Kier alpha value is -2.64. The van der Waals surface area contributed by atoms with Crippen LogP contribution in [-0.4, -0.2) is 30.4 Å². The summed E-state index contributed by atoms with van der Waals surface area (Å²) in [6.45, 7) is 0. The third kappa shape index (κ3) is 2.64. The fraction of sp³-hybridized carbons (Fsp3) is 0.385. The van der Waals surface area contributed by atoms with Crippen LogP contribution in [0, 0.1) is 0 Å². The highest BCUT2D eigenvalue weighted by Gasteiger charge is 2.27. The summed E-state index contributed by atoms with van der Waals surface area (Å²) >= 11 is 0. The van der Waals surface area contributed by atoms with Gasteiger partial charge in [0.25, 0.3) is 5.56 Å². The van der Waals surface area contributed by atoms with E-state index < -0.39 is 12.0 Å². The fourth-order valence-electron chi connectivity index (χ4n) is 2.18. The number of rotatable bonds is 5. The summed E-state index contributed by atoms with van der Waals surface area (Å²) in [4.78, 5) is 27.7. The molecule has 3 rings (SSSR count). The molecular formula is C13H15N5O3. The van der Waals surface area contributed by atoms with Crippen LogP contribution in [0.2, 0.25) is 0 Å². The highest BCUT2D eigenvalue weighted by atomic mass is 16.4. The number of hydrogen-bond donors (Lipinski definition) is 2. The van der Waals surface area contributed by atoms with Gasteiger partial charge in [-0.3, -0.25) is 9.48 Å². The molecular weight excluding hydrogens is 274 g/mol. The van der Waals surface area contributed by atoms with E-state index in [9.17, 15) is 14.7 Å². The van der Waals surface area contributed by atoms with Gasteiger partial charge in [0.05, 0.1) is 6.20 Å². The summed E-state index contributed by atoms with van der Waals surface area (Å²) in [6, 6.07) is -0.850. The number of nitrogens with zero attached hydrogens (tertiary/aromatic N) is 4. The Balaban J connectivity index is 1.91. The molecule has 1 atom stereocenters. The highest BCUT2D eigenvalue weighted by molar-refractivity contribution is 5.78. The number of nitrogens with one attached hydrogen (secondary N) is 1. The van der Waals surface area contributed by atoms with Gasteiger partial charge in [0.2, 0.25) is 0 Å². The van der Waals surface area contributed by atoms with Crippen LogP contribution in [0.5, 0.6) is 0 Å². The fourth-order valence-corrected chi connectivity index (χ4v) is 2.18. The largest absolute Gasteiger partial charge is 0.479 e. The lowest BCUT2D eigenvalue weighted by atomic mass is 10.1. The van der Waals surface area contributed by atoms with Gasteiger partial charge in [-0.25, -0.2) is 9.78 Å². The number of hydrogen-bond acceptors (Lipinski definition) is 5. The molecule has 0 aliphatic heterocycles. The zero-order valence-electron chi connectivity index (χ0n) is 11.4. The molecule has 110 valence electrons. The summed E-state index contributed by atoms with van der Waals surface area (Å²) in [5.74, 6) is -1.05. The molecule has 1 fully saturated rings. The molecule has 0 saturated heterocycles. The molecule has 2 aromatic heterocycles. The number of aromatic nitrogens is 4. The van der Waals surface area contributed by atoms with Crippen molar-refractivity contribution in [2.45, 2.75) is 24.9 Å². The first-order chi connectivity index (χ1) is 10.1. The zero-order chi connectivity index (χ0) is 15.0. The van der Waals surface area contributed by atoms with Gasteiger partial charge >= 0.3 is 5.97 Å². The van der Waals surface area contributed by atoms with Crippen molar-refractivity contribution in [2.24, 2.45) is 7.05 Å². The zero-order valence-corrected chi connectivity index (χ0v) is 11.4. The van der Waals surface area contributed by atoms with Crippen molar-refractivity contribution >= 4 is 11.8 Å². The van der Waals surface area contributed by atoms with E-state index in [4.69, 9.17) is 0 Å². The molecule has 2 aromatic rings. The monoisotopic (exact) mass is 289 g/mol. The summed E-state index contributed by atoms with van der Waals surface area (Å²) in [5, 5.41) is 16.0. The molecule has 0 radical (unpaired) electrons. The van der Waals surface area contributed by atoms with Crippen LogP contribution in [0.1, 0.15) is 30.5 Å². The summed E-state index contributed by atoms with van der Waals surface area (Å²) in [5.41, 5.74) is 0.170. The Morgan fingerprint density at radius 2 is 2.29 bits per heavy atom. The van der Waals surface area contributed by atoms with E-state index >= 15 is 0 Å². The Kier molecular flexibility index (Phi) is 3.20. The molecule has 0 bridgehead atoms. The van der Waals surface area contributed by atoms with Crippen LogP contribution in [0.4, 0.5) is 5.82 Å².